The molecule has 4 rings (SSSR count). The molecule has 3 heterocycles. The van der Waals surface area contributed by atoms with Crippen LogP contribution in [0.25, 0.3) is 11.3 Å². The molecule has 0 aliphatic carbocycles. The fraction of sp³-hybridized carbons (Fsp3) is 0.438. The fourth-order valence-corrected chi connectivity index (χ4v) is 3.13. The molecule has 0 amide bonds. The van der Waals surface area contributed by atoms with Gasteiger partial charge in [0.2, 0.25) is 0 Å². The molecule has 22 heavy (non-hydrogen) atoms. The van der Waals surface area contributed by atoms with E-state index >= 15 is 0 Å². The van der Waals surface area contributed by atoms with Crippen LogP contribution in [-0.2, 0) is 24.9 Å². The molecule has 0 spiro atoms. The average Bonchev–Trinajstić information content (AvgIpc) is 3.18. The number of anilines is 1. The van der Waals surface area contributed by atoms with E-state index in [1.165, 1.54) is 22.4 Å². The third kappa shape index (κ3) is 2.84. The molecule has 2 N–H and O–H groups in total. The summed E-state index contributed by atoms with van der Waals surface area (Å²) in [5.74, 6) is 0. The highest BCUT2D eigenvalue weighted by Gasteiger charge is 2.21. The Morgan fingerprint density at radius 2 is 2.27 bits per heavy atom. The van der Waals surface area contributed by atoms with Crippen LogP contribution < -0.4 is 10.6 Å². The van der Waals surface area contributed by atoms with E-state index in [4.69, 9.17) is 4.74 Å². The highest BCUT2D eigenvalue weighted by atomic mass is 35.5. The molecule has 2 aliphatic heterocycles. The van der Waals surface area contributed by atoms with Crippen LogP contribution in [0.2, 0.25) is 0 Å². The number of aromatic nitrogens is 2. The molecule has 1 aromatic carbocycles. The first-order valence-corrected chi connectivity index (χ1v) is 7.49. The van der Waals surface area contributed by atoms with Gasteiger partial charge < -0.3 is 19.9 Å². The lowest BCUT2D eigenvalue weighted by atomic mass is 10.0. The van der Waals surface area contributed by atoms with Gasteiger partial charge in [-0.15, -0.1) is 12.4 Å². The van der Waals surface area contributed by atoms with Crippen LogP contribution in [0.4, 0.5) is 5.69 Å². The number of nitrogens with one attached hydrogen (secondary N) is 2. The van der Waals surface area contributed by atoms with Crippen LogP contribution in [0.15, 0.2) is 24.7 Å². The molecule has 0 bridgehead atoms. The highest BCUT2D eigenvalue weighted by molar-refractivity contribution is 5.85. The van der Waals surface area contributed by atoms with Crippen molar-refractivity contribution in [2.24, 2.45) is 7.05 Å². The number of imidazole rings is 1. The molecular weight excluding hydrogens is 300 g/mol. The Labute approximate surface area is 136 Å². The van der Waals surface area contributed by atoms with Crippen molar-refractivity contribution in [3.63, 3.8) is 0 Å². The zero-order chi connectivity index (χ0) is 14.2. The summed E-state index contributed by atoms with van der Waals surface area (Å²) in [6, 6.07) is 4.91. The maximum absolute atomic E-state index is 5.47. The first-order chi connectivity index (χ1) is 10.3. The van der Waals surface area contributed by atoms with Crippen LogP contribution in [-0.4, -0.2) is 28.8 Å². The molecule has 1 fully saturated rings. The van der Waals surface area contributed by atoms with Crippen molar-refractivity contribution < 1.29 is 4.74 Å². The van der Waals surface area contributed by atoms with E-state index in [0.29, 0.717) is 6.04 Å². The fourth-order valence-electron chi connectivity index (χ4n) is 3.13. The van der Waals surface area contributed by atoms with Crippen LogP contribution in [0.5, 0.6) is 0 Å². The summed E-state index contributed by atoms with van der Waals surface area (Å²) in [6.07, 6.45) is 4.99. The Hall–Kier alpha value is -1.56. The normalized spacial score (nSPS) is 19.8. The minimum absolute atomic E-state index is 0. The Bertz CT molecular complexity index is 664. The number of hydrogen-bond acceptors (Lipinski definition) is 4. The maximum atomic E-state index is 5.47. The molecule has 118 valence electrons. The summed E-state index contributed by atoms with van der Waals surface area (Å²) in [4.78, 5) is 4.47. The van der Waals surface area contributed by atoms with Crippen LogP contribution in [0.3, 0.4) is 0 Å². The predicted molar refractivity (Wildman–Crippen MR) is 89.3 cm³/mol. The lowest BCUT2D eigenvalue weighted by Crippen LogP contribution is -2.20. The van der Waals surface area contributed by atoms with Gasteiger partial charge in [0.15, 0.2) is 0 Å². The number of hydrogen-bond donors (Lipinski definition) is 2. The maximum Gasteiger partial charge on any atom is 0.0951 e. The van der Waals surface area contributed by atoms with Gasteiger partial charge in [0.1, 0.15) is 0 Å². The quantitative estimate of drug-likeness (QED) is 0.911. The van der Waals surface area contributed by atoms with Gasteiger partial charge >= 0.3 is 0 Å². The Kier molecular flexibility index (Phi) is 4.38. The smallest absolute Gasteiger partial charge is 0.0951 e. The molecule has 1 atom stereocenters. The van der Waals surface area contributed by atoms with E-state index in [9.17, 15) is 0 Å². The molecule has 0 saturated carbocycles. The third-order valence-electron chi connectivity index (χ3n) is 4.25. The molecule has 5 nitrogen and oxygen atoms in total. The number of fused-ring (bicyclic) bond motifs is 1. The molecule has 0 unspecified atom stereocenters. The van der Waals surface area contributed by atoms with Gasteiger partial charge in [0.25, 0.3) is 0 Å². The Morgan fingerprint density at radius 1 is 1.36 bits per heavy atom. The average molecular weight is 321 g/mol. The van der Waals surface area contributed by atoms with Gasteiger partial charge in [-0.2, -0.15) is 0 Å². The number of aryl methyl sites for hydroxylation is 1. The number of benzene rings is 1. The summed E-state index contributed by atoms with van der Waals surface area (Å²) >= 11 is 0. The molecule has 2 aromatic rings. The van der Waals surface area contributed by atoms with Crippen LogP contribution >= 0.6 is 12.4 Å². The summed E-state index contributed by atoms with van der Waals surface area (Å²) in [7, 11) is 2.00. The number of halogens is 1. The van der Waals surface area contributed by atoms with Crippen molar-refractivity contribution in [2.75, 3.05) is 18.5 Å². The minimum Gasteiger partial charge on any atom is -0.380 e. The molecule has 1 aromatic heterocycles. The van der Waals surface area contributed by atoms with E-state index in [-0.39, 0.29) is 12.4 Å². The van der Waals surface area contributed by atoms with Crippen molar-refractivity contribution in [3.8, 4) is 11.3 Å². The summed E-state index contributed by atoms with van der Waals surface area (Å²) in [5.41, 5.74) is 6.20. The monoisotopic (exact) mass is 320 g/mol. The second-order valence-corrected chi connectivity index (χ2v) is 5.89. The highest BCUT2D eigenvalue weighted by Crippen LogP contribution is 2.32. The molecule has 0 radical (unpaired) electrons. The summed E-state index contributed by atoms with van der Waals surface area (Å²) in [5, 5.41) is 7.10. The van der Waals surface area contributed by atoms with Crippen molar-refractivity contribution in [1.82, 2.24) is 14.9 Å². The number of rotatable bonds is 3. The molecule has 1 saturated heterocycles. The predicted octanol–water partition coefficient (Wildman–Crippen LogP) is 2.31. The number of ether oxygens (including phenoxy) is 1. The van der Waals surface area contributed by atoms with E-state index in [1.807, 2.05) is 17.9 Å². The first-order valence-electron chi connectivity index (χ1n) is 7.49. The van der Waals surface area contributed by atoms with Crippen LogP contribution in [0.1, 0.15) is 17.5 Å². The topological polar surface area (TPSA) is 51.1 Å². The van der Waals surface area contributed by atoms with Crippen molar-refractivity contribution >= 4 is 18.1 Å². The van der Waals surface area contributed by atoms with Crippen LogP contribution in [0, 0.1) is 0 Å². The molecule has 2 aliphatic rings. The second kappa shape index (κ2) is 6.28. The SMILES string of the molecule is Cl.Cn1cnc(-c2cc3c(c(N[C@H]4CCOC4)c2)CNC3)c1. The number of nitrogens with zero attached hydrogens (tertiary/aromatic N) is 2. The van der Waals surface area contributed by atoms with Gasteiger partial charge in [-0.25, -0.2) is 4.98 Å². The van der Waals surface area contributed by atoms with E-state index in [0.717, 1.165) is 38.4 Å². The molecular formula is C16H21ClN4O. The van der Waals surface area contributed by atoms with Gasteiger partial charge in [0, 0.05) is 44.2 Å². The lowest BCUT2D eigenvalue weighted by molar-refractivity contribution is 0.195. The lowest BCUT2D eigenvalue weighted by Gasteiger charge is -2.17. The van der Waals surface area contributed by atoms with Gasteiger partial charge in [-0.05, 0) is 29.7 Å². The standard InChI is InChI=1S/C16H20N4O.ClH/c1-20-8-16(18-10-20)11-4-12-6-17-7-14(12)15(5-11)19-13-2-3-21-9-13;/h4-5,8,10,13,17,19H,2-3,6-7,9H2,1H3;1H/t13-;/m0./s1. The minimum atomic E-state index is 0. The third-order valence-corrected chi connectivity index (χ3v) is 4.25. The zero-order valence-corrected chi connectivity index (χ0v) is 13.4. The Morgan fingerprint density at radius 3 is 3.00 bits per heavy atom. The van der Waals surface area contributed by atoms with Crippen molar-refractivity contribution in [3.05, 3.63) is 35.8 Å². The van der Waals surface area contributed by atoms with Gasteiger partial charge in [-0.3, -0.25) is 0 Å². The zero-order valence-electron chi connectivity index (χ0n) is 12.6. The van der Waals surface area contributed by atoms with E-state index < -0.39 is 0 Å². The van der Waals surface area contributed by atoms with E-state index in [2.05, 4.69) is 33.9 Å². The van der Waals surface area contributed by atoms with Gasteiger partial charge in [0.05, 0.1) is 24.7 Å². The molecule has 6 heteroatoms. The largest absolute Gasteiger partial charge is 0.380 e. The second-order valence-electron chi connectivity index (χ2n) is 5.89. The van der Waals surface area contributed by atoms with Crippen molar-refractivity contribution in [1.29, 1.82) is 0 Å². The Balaban J connectivity index is 0.00000144. The van der Waals surface area contributed by atoms with Gasteiger partial charge in [-0.1, -0.05) is 0 Å². The summed E-state index contributed by atoms with van der Waals surface area (Å²) < 4.78 is 7.46. The summed E-state index contributed by atoms with van der Waals surface area (Å²) in [6.45, 7) is 3.54. The van der Waals surface area contributed by atoms with E-state index in [1.54, 1.807) is 0 Å². The van der Waals surface area contributed by atoms with Crippen molar-refractivity contribution in [2.45, 2.75) is 25.6 Å². The first kappa shape index (κ1) is 15.3.